The summed E-state index contributed by atoms with van der Waals surface area (Å²) in [6.07, 6.45) is 13.3. The van der Waals surface area contributed by atoms with Gasteiger partial charge in [0.2, 0.25) is 0 Å². The van der Waals surface area contributed by atoms with Crippen LogP contribution in [0.2, 0.25) is 0 Å². The number of para-hydroxylation sites is 1. The van der Waals surface area contributed by atoms with Crippen LogP contribution in [0.15, 0.2) is 67.3 Å². The fourth-order valence-corrected chi connectivity index (χ4v) is 3.48. The van der Waals surface area contributed by atoms with Gasteiger partial charge in [0, 0.05) is 11.6 Å². The third-order valence-corrected chi connectivity index (χ3v) is 5.18. The number of unbranched alkanes of at least 4 members (excludes halogenated alkanes) is 9. The summed E-state index contributed by atoms with van der Waals surface area (Å²) in [6, 6.07) is 18.7. The van der Waals surface area contributed by atoms with Gasteiger partial charge in [-0.3, -0.25) is 0 Å². The Balaban J connectivity index is 1.45. The summed E-state index contributed by atoms with van der Waals surface area (Å²) in [5.41, 5.74) is 2.36. The summed E-state index contributed by atoms with van der Waals surface area (Å²) in [5, 5.41) is 0. The largest absolute Gasteiger partial charge is 0.493 e. The Bertz CT molecular complexity index is 724. The van der Waals surface area contributed by atoms with Crippen LogP contribution in [0.25, 0.3) is 11.1 Å². The van der Waals surface area contributed by atoms with Gasteiger partial charge < -0.3 is 9.47 Å². The third-order valence-electron chi connectivity index (χ3n) is 5.18. The topological polar surface area (TPSA) is 35.5 Å². The fraction of sp³-hybridized carbons (Fsp3) is 0.444. The standard InChI is InChI=1S/C27H36O3/c1-2-27(28)30-23-17-10-8-6-4-3-5-7-9-16-22-29-26-21-15-14-20-25(26)24-18-12-11-13-19-24/h2,11-15,18-21H,1,3-10,16-17,22-23H2. The zero-order valence-electron chi connectivity index (χ0n) is 18.2. The first kappa shape index (κ1) is 23.7. The van der Waals surface area contributed by atoms with Gasteiger partial charge in [0.15, 0.2) is 0 Å². The van der Waals surface area contributed by atoms with Gasteiger partial charge >= 0.3 is 5.97 Å². The normalized spacial score (nSPS) is 10.5. The van der Waals surface area contributed by atoms with Gasteiger partial charge in [-0.2, -0.15) is 0 Å². The first-order chi connectivity index (χ1) is 14.8. The van der Waals surface area contributed by atoms with Gasteiger partial charge in [-0.25, -0.2) is 4.79 Å². The molecule has 0 atom stereocenters. The molecule has 0 N–H and O–H groups in total. The summed E-state index contributed by atoms with van der Waals surface area (Å²) in [7, 11) is 0. The van der Waals surface area contributed by atoms with E-state index < -0.39 is 0 Å². The number of ether oxygens (including phenoxy) is 2. The molecule has 0 spiro atoms. The van der Waals surface area contributed by atoms with Crippen LogP contribution in [0.5, 0.6) is 5.75 Å². The molecule has 0 radical (unpaired) electrons. The fourth-order valence-electron chi connectivity index (χ4n) is 3.48. The minimum atomic E-state index is -0.319. The predicted molar refractivity (Wildman–Crippen MR) is 125 cm³/mol. The highest BCUT2D eigenvalue weighted by Crippen LogP contribution is 2.29. The zero-order valence-corrected chi connectivity index (χ0v) is 18.2. The minimum Gasteiger partial charge on any atom is -0.493 e. The summed E-state index contributed by atoms with van der Waals surface area (Å²) in [6.45, 7) is 4.68. The summed E-state index contributed by atoms with van der Waals surface area (Å²) in [4.78, 5) is 10.9. The van der Waals surface area contributed by atoms with Crippen molar-refractivity contribution in [2.75, 3.05) is 13.2 Å². The molecule has 3 nitrogen and oxygen atoms in total. The SMILES string of the molecule is C=CC(=O)OCCCCCCCCCCCCOc1ccccc1-c1ccccc1. The molecule has 0 fully saturated rings. The molecule has 30 heavy (non-hydrogen) atoms. The van der Waals surface area contributed by atoms with Crippen LogP contribution in [0.3, 0.4) is 0 Å². The highest BCUT2D eigenvalue weighted by atomic mass is 16.5. The average molecular weight is 409 g/mol. The van der Waals surface area contributed by atoms with E-state index in [1.165, 1.54) is 56.6 Å². The second kappa shape index (κ2) is 15.3. The molecular weight excluding hydrogens is 372 g/mol. The molecule has 0 heterocycles. The van der Waals surface area contributed by atoms with Gasteiger partial charge in [-0.15, -0.1) is 0 Å². The van der Waals surface area contributed by atoms with E-state index in [0.29, 0.717) is 6.61 Å². The summed E-state index contributed by atoms with van der Waals surface area (Å²) in [5.74, 6) is 0.656. The van der Waals surface area contributed by atoms with Crippen molar-refractivity contribution in [3.8, 4) is 16.9 Å². The molecule has 162 valence electrons. The number of carbonyl (C=O) groups is 1. The van der Waals surface area contributed by atoms with Crippen molar-refractivity contribution >= 4 is 5.97 Å². The van der Waals surface area contributed by atoms with E-state index >= 15 is 0 Å². The van der Waals surface area contributed by atoms with Crippen LogP contribution in [0.1, 0.15) is 64.2 Å². The second-order valence-electron chi connectivity index (χ2n) is 7.62. The molecular formula is C27H36O3. The Morgan fingerprint density at radius 2 is 1.23 bits per heavy atom. The van der Waals surface area contributed by atoms with Crippen LogP contribution in [0, 0.1) is 0 Å². The van der Waals surface area contributed by atoms with Crippen molar-refractivity contribution in [2.24, 2.45) is 0 Å². The van der Waals surface area contributed by atoms with Crippen molar-refractivity contribution in [2.45, 2.75) is 64.2 Å². The molecule has 2 aromatic rings. The predicted octanol–water partition coefficient (Wildman–Crippen LogP) is 7.36. The summed E-state index contributed by atoms with van der Waals surface area (Å²) < 4.78 is 11.0. The van der Waals surface area contributed by atoms with E-state index in [1.54, 1.807) is 0 Å². The molecule has 0 saturated heterocycles. The van der Waals surface area contributed by atoms with Gasteiger partial charge in [0.05, 0.1) is 13.2 Å². The van der Waals surface area contributed by atoms with Gasteiger partial charge in [0.1, 0.15) is 5.75 Å². The zero-order chi connectivity index (χ0) is 21.3. The lowest BCUT2D eigenvalue weighted by atomic mass is 10.0. The molecule has 0 aromatic heterocycles. The lowest BCUT2D eigenvalue weighted by Crippen LogP contribution is -2.01. The molecule has 0 saturated carbocycles. The number of rotatable bonds is 16. The monoisotopic (exact) mass is 408 g/mol. The number of carbonyl (C=O) groups excluding carboxylic acids is 1. The lowest BCUT2D eigenvalue weighted by molar-refractivity contribution is -0.137. The van der Waals surface area contributed by atoms with Crippen LogP contribution < -0.4 is 4.74 Å². The highest BCUT2D eigenvalue weighted by molar-refractivity contribution is 5.81. The molecule has 0 aliphatic rings. The van der Waals surface area contributed by atoms with E-state index in [9.17, 15) is 4.79 Å². The van der Waals surface area contributed by atoms with Crippen molar-refractivity contribution in [1.29, 1.82) is 0 Å². The number of hydrogen-bond acceptors (Lipinski definition) is 3. The second-order valence-corrected chi connectivity index (χ2v) is 7.62. The highest BCUT2D eigenvalue weighted by Gasteiger charge is 2.05. The van der Waals surface area contributed by atoms with Gasteiger partial charge in [-0.1, -0.05) is 106 Å². The van der Waals surface area contributed by atoms with Crippen LogP contribution in [-0.4, -0.2) is 19.2 Å². The van der Waals surface area contributed by atoms with Crippen molar-refractivity contribution in [1.82, 2.24) is 0 Å². The number of hydrogen-bond donors (Lipinski definition) is 0. The first-order valence-electron chi connectivity index (χ1n) is 11.4. The summed E-state index contributed by atoms with van der Waals surface area (Å²) >= 11 is 0. The molecule has 2 rings (SSSR count). The first-order valence-corrected chi connectivity index (χ1v) is 11.4. The lowest BCUT2D eigenvalue weighted by Gasteiger charge is -2.11. The quantitative estimate of drug-likeness (QED) is 0.165. The van der Waals surface area contributed by atoms with Gasteiger partial charge in [-0.05, 0) is 24.5 Å². The van der Waals surface area contributed by atoms with E-state index in [0.717, 1.165) is 37.2 Å². The van der Waals surface area contributed by atoms with Crippen LogP contribution >= 0.6 is 0 Å². The Morgan fingerprint density at radius 3 is 1.87 bits per heavy atom. The number of esters is 1. The molecule has 0 aliphatic heterocycles. The Kier molecular flexibility index (Phi) is 12.1. The Hall–Kier alpha value is -2.55. The van der Waals surface area contributed by atoms with Crippen LogP contribution in [-0.2, 0) is 9.53 Å². The van der Waals surface area contributed by atoms with Gasteiger partial charge in [0.25, 0.3) is 0 Å². The maximum absolute atomic E-state index is 10.9. The van der Waals surface area contributed by atoms with Crippen molar-refractivity contribution in [3.63, 3.8) is 0 Å². The van der Waals surface area contributed by atoms with E-state index in [-0.39, 0.29) is 5.97 Å². The number of benzene rings is 2. The molecule has 3 heteroatoms. The van der Waals surface area contributed by atoms with Crippen LogP contribution in [0.4, 0.5) is 0 Å². The van der Waals surface area contributed by atoms with E-state index in [1.807, 2.05) is 12.1 Å². The molecule has 2 aromatic carbocycles. The molecule has 0 bridgehead atoms. The maximum Gasteiger partial charge on any atom is 0.330 e. The van der Waals surface area contributed by atoms with E-state index in [2.05, 4.69) is 49.0 Å². The Morgan fingerprint density at radius 1 is 0.700 bits per heavy atom. The van der Waals surface area contributed by atoms with Crippen molar-refractivity contribution in [3.05, 3.63) is 67.3 Å². The van der Waals surface area contributed by atoms with E-state index in [4.69, 9.17) is 9.47 Å². The minimum absolute atomic E-state index is 0.319. The molecule has 0 aliphatic carbocycles. The third kappa shape index (κ3) is 9.78. The molecule has 0 amide bonds. The molecule has 0 unspecified atom stereocenters. The average Bonchev–Trinajstić information content (AvgIpc) is 2.80. The Labute approximate surface area is 182 Å². The maximum atomic E-state index is 10.9. The van der Waals surface area contributed by atoms with Crippen molar-refractivity contribution < 1.29 is 14.3 Å². The smallest absolute Gasteiger partial charge is 0.330 e.